The van der Waals surface area contributed by atoms with E-state index < -0.39 is 11.7 Å². The largest absolute Gasteiger partial charge is 0.416 e. The van der Waals surface area contributed by atoms with Gasteiger partial charge in [0.25, 0.3) is 5.82 Å². The van der Waals surface area contributed by atoms with E-state index in [4.69, 9.17) is 0 Å². The molecule has 1 saturated carbocycles. The minimum atomic E-state index is -4.51. The zero-order valence-corrected chi connectivity index (χ0v) is 23.0. The van der Waals surface area contributed by atoms with E-state index >= 15 is 0 Å². The maximum atomic E-state index is 13.8. The molecule has 0 spiro atoms. The lowest BCUT2D eigenvalue weighted by atomic mass is 9.95. The average Bonchev–Trinajstić information content (AvgIpc) is 3.80. The van der Waals surface area contributed by atoms with Crippen molar-refractivity contribution in [3.63, 3.8) is 0 Å². The van der Waals surface area contributed by atoms with Gasteiger partial charge < -0.3 is 10.6 Å². The minimum Gasteiger partial charge on any atom is -0.326 e. The molecule has 0 radical (unpaired) electrons. The molecule has 7 nitrogen and oxygen atoms in total. The molecule has 3 aromatic rings. The van der Waals surface area contributed by atoms with Gasteiger partial charge in [0.05, 0.1) is 17.7 Å². The predicted octanol–water partition coefficient (Wildman–Crippen LogP) is 5.07. The normalized spacial score (nSPS) is 16.7. The van der Waals surface area contributed by atoms with Gasteiger partial charge in [0.1, 0.15) is 0 Å². The highest BCUT2D eigenvalue weighted by atomic mass is 19.4. The van der Waals surface area contributed by atoms with Crippen molar-refractivity contribution in [3.8, 4) is 11.1 Å². The van der Waals surface area contributed by atoms with Crippen molar-refractivity contribution >= 4 is 23.3 Å². The van der Waals surface area contributed by atoms with E-state index in [1.54, 1.807) is 6.07 Å². The van der Waals surface area contributed by atoms with Gasteiger partial charge >= 0.3 is 12.1 Å². The molecular weight excluding hydrogens is 531 g/mol. The zero-order chi connectivity index (χ0) is 29.0. The molecular formula is C31H35F3N5O2+. The Morgan fingerprint density at radius 3 is 2.34 bits per heavy atom. The standard InChI is InChI=1S/C31H34F3N5O2/c1-20(21-2-4-22(5-3-21)24-9-11-28(36-18-24)38-30(41)23-6-7-23)16-29(40)37-26-10-8-25(27(17-26)31(32,33)34)19-39-14-12-35-13-15-39/h2-5,8-11,17-18,20,23,35H,6-7,12-16,19H2,1H3,(H,37,40)(H,36,38,41)/p+1/t20-/m0/s1. The van der Waals surface area contributed by atoms with Crippen LogP contribution in [0.3, 0.4) is 0 Å². The Morgan fingerprint density at radius 1 is 1.00 bits per heavy atom. The SMILES string of the molecule is C[C@@H](CC(=O)Nc1ccc(CN2CCNCC2)c(C(F)(F)F)c1)c1ccc(-c2ccc(NC(=O)C3CC3)[nH+]c2)cc1. The van der Waals surface area contributed by atoms with E-state index in [9.17, 15) is 22.8 Å². The lowest BCUT2D eigenvalue weighted by molar-refractivity contribution is -0.359. The lowest BCUT2D eigenvalue weighted by Crippen LogP contribution is -2.43. The topological polar surface area (TPSA) is 87.6 Å². The van der Waals surface area contributed by atoms with Crippen molar-refractivity contribution < 1.29 is 27.7 Å². The number of benzene rings is 2. The van der Waals surface area contributed by atoms with Gasteiger partial charge in [-0.25, -0.2) is 15.1 Å². The average molecular weight is 567 g/mol. The molecule has 4 N–H and O–H groups in total. The molecule has 1 atom stereocenters. The molecule has 216 valence electrons. The Labute approximate surface area is 237 Å². The van der Waals surface area contributed by atoms with E-state index in [-0.39, 0.29) is 47.9 Å². The number of pyridine rings is 1. The van der Waals surface area contributed by atoms with Crippen molar-refractivity contribution in [1.29, 1.82) is 0 Å². The van der Waals surface area contributed by atoms with Gasteiger partial charge in [0.15, 0.2) is 0 Å². The van der Waals surface area contributed by atoms with Crippen LogP contribution in [-0.4, -0.2) is 42.9 Å². The van der Waals surface area contributed by atoms with Crippen LogP contribution in [0, 0.1) is 5.92 Å². The molecule has 1 aliphatic carbocycles. The van der Waals surface area contributed by atoms with E-state index in [0.29, 0.717) is 18.9 Å². The summed E-state index contributed by atoms with van der Waals surface area (Å²) < 4.78 is 41.5. The third-order valence-corrected chi connectivity index (χ3v) is 7.63. The van der Waals surface area contributed by atoms with Gasteiger partial charge in [0, 0.05) is 56.5 Å². The maximum Gasteiger partial charge on any atom is 0.416 e. The van der Waals surface area contributed by atoms with Crippen LogP contribution in [0.5, 0.6) is 0 Å². The molecule has 41 heavy (non-hydrogen) atoms. The molecule has 5 rings (SSSR count). The second-order valence-electron chi connectivity index (χ2n) is 10.9. The molecule has 2 aliphatic rings. The quantitative estimate of drug-likeness (QED) is 0.338. The number of aromatic amines is 1. The molecule has 2 amide bonds. The second kappa shape index (κ2) is 12.4. The van der Waals surface area contributed by atoms with E-state index in [1.165, 1.54) is 6.07 Å². The number of H-pyrrole nitrogens is 1. The molecule has 2 aromatic carbocycles. The van der Waals surface area contributed by atoms with E-state index in [0.717, 1.165) is 48.7 Å². The number of nitrogens with one attached hydrogen (secondary N) is 4. The number of nitrogens with zero attached hydrogens (tertiary/aromatic N) is 1. The fourth-order valence-corrected chi connectivity index (χ4v) is 5.04. The number of hydrogen-bond donors (Lipinski definition) is 3. The van der Waals surface area contributed by atoms with Crippen LogP contribution in [0.4, 0.5) is 24.7 Å². The van der Waals surface area contributed by atoms with E-state index in [2.05, 4.69) is 20.9 Å². The van der Waals surface area contributed by atoms with Crippen molar-refractivity contribution in [2.24, 2.45) is 5.92 Å². The molecule has 1 aromatic heterocycles. The number of rotatable bonds is 9. The first-order chi connectivity index (χ1) is 19.7. The number of hydrogen-bond acceptors (Lipinski definition) is 4. The summed E-state index contributed by atoms with van der Waals surface area (Å²) in [5.74, 6) is 0.344. The zero-order valence-electron chi connectivity index (χ0n) is 23.0. The first kappa shape index (κ1) is 28.8. The Hall–Kier alpha value is -3.76. The smallest absolute Gasteiger partial charge is 0.326 e. The summed E-state index contributed by atoms with van der Waals surface area (Å²) in [5, 5.41) is 8.74. The number of halogens is 3. The van der Waals surface area contributed by atoms with Crippen LogP contribution in [0.2, 0.25) is 0 Å². The van der Waals surface area contributed by atoms with Gasteiger partial charge in [-0.3, -0.25) is 9.69 Å². The Balaban J connectivity index is 1.18. The fraction of sp³-hybridized carbons (Fsp3) is 0.387. The van der Waals surface area contributed by atoms with Crippen molar-refractivity contribution in [2.45, 2.75) is 44.8 Å². The number of anilines is 2. The van der Waals surface area contributed by atoms with Crippen molar-refractivity contribution in [2.75, 3.05) is 36.8 Å². The number of carbonyl (C=O) groups is 2. The monoisotopic (exact) mass is 566 g/mol. The molecule has 2 fully saturated rings. The molecule has 2 heterocycles. The van der Waals surface area contributed by atoms with Gasteiger partial charge in [-0.15, -0.1) is 0 Å². The minimum absolute atomic E-state index is 0.0417. The number of alkyl halides is 3. The first-order valence-electron chi connectivity index (χ1n) is 14.0. The highest BCUT2D eigenvalue weighted by Gasteiger charge is 2.34. The number of aromatic nitrogens is 1. The summed E-state index contributed by atoms with van der Waals surface area (Å²) >= 11 is 0. The molecule has 0 unspecified atom stereocenters. The van der Waals surface area contributed by atoms with Gasteiger partial charge in [-0.1, -0.05) is 37.3 Å². The third kappa shape index (κ3) is 7.71. The lowest BCUT2D eigenvalue weighted by Gasteiger charge is -2.28. The Bertz CT molecular complexity index is 1370. The summed E-state index contributed by atoms with van der Waals surface area (Å²) in [6.45, 7) is 5.03. The fourth-order valence-electron chi connectivity index (χ4n) is 5.04. The van der Waals surface area contributed by atoms with Crippen LogP contribution in [0.25, 0.3) is 11.1 Å². The third-order valence-electron chi connectivity index (χ3n) is 7.63. The van der Waals surface area contributed by atoms with Crippen molar-refractivity contribution in [3.05, 3.63) is 77.5 Å². The molecule has 10 heteroatoms. The Kier molecular flexibility index (Phi) is 8.70. The van der Waals surface area contributed by atoms with Crippen LogP contribution in [0.15, 0.2) is 60.8 Å². The molecule has 1 saturated heterocycles. The van der Waals surface area contributed by atoms with E-state index in [1.807, 2.05) is 54.4 Å². The number of carbonyl (C=O) groups excluding carboxylic acids is 2. The van der Waals surface area contributed by atoms with Crippen LogP contribution in [-0.2, 0) is 22.3 Å². The number of piperazine rings is 1. The van der Waals surface area contributed by atoms with Crippen molar-refractivity contribution in [1.82, 2.24) is 10.2 Å². The molecule has 0 bridgehead atoms. The summed E-state index contributed by atoms with van der Waals surface area (Å²) in [4.78, 5) is 29.8. The summed E-state index contributed by atoms with van der Waals surface area (Å²) in [7, 11) is 0. The number of amides is 2. The second-order valence-corrected chi connectivity index (χ2v) is 10.9. The van der Waals surface area contributed by atoms with Gasteiger partial charge in [-0.2, -0.15) is 13.2 Å². The highest BCUT2D eigenvalue weighted by molar-refractivity contribution is 5.93. The highest BCUT2D eigenvalue weighted by Crippen LogP contribution is 2.35. The summed E-state index contributed by atoms with van der Waals surface area (Å²) in [5.41, 5.74) is 2.51. The van der Waals surface area contributed by atoms with Crippen LogP contribution in [0.1, 0.15) is 48.8 Å². The molecule has 1 aliphatic heterocycles. The van der Waals surface area contributed by atoms with Gasteiger partial charge in [-0.05, 0) is 53.6 Å². The first-order valence-corrected chi connectivity index (χ1v) is 14.0. The predicted molar refractivity (Wildman–Crippen MR) is 151 cm³/mol. The van der Waals surface area contributed by atoms with Crippen LogP contribution >= 0.6 is 0 Å². The summed E-state index contributed by atoms with van der Waals surface area (Å²) in [6.07, 6.45) is -0.660. The maximum absolute atomic E-state index is 13.8. The Morgan fingerprint density at radius 2 is 1.71 bits per heavy atom. The van der Waals surface area contributed by atoms with Crippen LogP contribution < -0.4 is 20.9 Å². The van der Waals surface area contributed by atoms with Gasteiger partial charge in [0.2, 0.25) is 5.91 Å². The summed E-state index contributed by atoms with van der Waals surface area (Å²) in [6, 6.07) is 15.6.